The van der Waals surface area contributed by atoms with E-state index >= 15 is 0 Å². The van der Waals surface area contributed by atoms with Crippen molar-refractivity contribution >= 4 is 23.4 Å². The van der Waals surface area contributed by atoms with E-state index in [1.54, 1.807) is 29.2 Å². The van der Waals surface area contributed by atoms with Gasteiger partial charge >= 0.3 is 0 Å². The van der Waals surface area contributed by atoms with Crippen LogP contribution in [-0.4, -0.2) is 35.8 Å². The van der Waals surface area contributed by atoms with E-state index in [9.17, 15) is 9.59 Å². The van der Waals surface area contributed by atoms with Crippen LogP contribution in [-0.2, 0) is 4.79 Å². The van der Waals surface area contributed by atoms with E-state index in [0.29, 0.717) is 29.7 Å². The van der Waals surface area contributed by atoms with Gasteiger partial charge in [-0.15, -0.1) is 0 Å². The van der Waals surface area contributed by atoms with E-state index < -0.39 is 0 Å². The molecule has 130 valence electrons. The third-order valence-electron chi connectivity index (χ3n) is 5.10. The van der Waals surface area contributed by atoms with Crippen molar-refractivity contribution in [2.24, 2.45) is 5.92 Å². The van der Waals surface area contributed by atoms with E-state index in [2.05, 4.69) is 5.32 Å². The highest BCUT2D eigenvalue weighted by molar-refractivity contribution is 6.30. The molecule has 1 unspecified atom stereocenters. The highest BCUT2D eigenvalue weighted by Gasteiger charge is 2.30. The molecule has 1 heterocycles. The molecule has 1 atom stereocenters. The molecule has 0 bridgehead atoms. The van der Waals surface area contributed by atoms with E-state index in [1.807, 2.05) is 0 Å². The van der Waals surface area contributed by atoms with Crippen LogP contribution in [0.25, 0.3) is 0 Å². The van der Waals surface area contributed by atoms with Gasteiger partial charge in [0.05, 0.1) is 5.92 Å². The number of amides is 2. The topological polar surface area (TPSA) is 49.4 Å². The predicted octanol–water partition coefficient (Wildman–Crippen LogP) is 3.64. The van der Waals surface area contributed by atoms with E-state index in [0.717, 1.165) is 25.7 Å². The van der Waals surface area contributed by atoms with Crippen LogP contribution in [0.5, 0.6) is 0 Å². The first-order chi connectivity index (χ1) is 11.6. The molecule has 0 spiro atoms. The summed E-state index contributed by atoms with van der Waals surface area (Å²) in [7, 11) is 0. The molecule has 2 fully saturated rings. The Labute approximate surface area is 148 Å². The lowest BCUT2D eigenvalue weighted by molar-refractivity contribution is -0.127. The average molecular weight is 349 g/mol. The van der Waals surface area contributed by atoms with Gasteiger partial charge in [-0.1, -0.05) is 36.9 Å². The number of likely N-dealkylation sites (tertiary alicyclic amines) is 1. The van der Waals surface area contributed by atoms with Gasteiger partial charge in [0.2, 0.25) is 5.91 Å². The van der Waals surface area contributed by atoms with Gasteiger partial charge in [0.25, 0.3) is 5.91 Å². The van der Waals surface area contributed by atoms with E-state index in [4.69, 9.17) is 11.6 Å². The van der Waals surface area contributed by atoms with Crippen LogP contribution in [0.2, 0.25) is 5.02 Å². The Balaban J connectivity index is 1.59. The fourth-order valence-corrected chi connectivity index (χ4v) is 3.94. The Morgan fingerprint density at radius 2 is 1.88 bits per heavy atom. The van der Waals surface area contributed by atoms with Gasteiger partial charge in [0, 0.05) is 29.7 Å². The third kappa shape index (κ3) is 4.29. The Kier molecular flexibility index (Phi) is 5.77. The zero-order valence-corrected chi connectivity index (χ0v) is 14.7. The van der Waals surface area contributed by atoms with Crippen LogP contribution >= 0.6 is 11.6 Å². The van der Waals surface area contributed by atoms with Gasteiger partial charge in [0.1, 0.15) is 0 Å². The summed E-state index contributed by atoms with van der Waals surface area (Å²) < 4.78 is 0. The van der Waals surface area contributed by atoms with Crippen LogP contribution in [0.3, 0.4) is 0 Å². The van der Waals surface area contributed by atoms with Crippen molar-refractivity contribution < 1.29 is 9.59 Å². The Hall–Kier alpha value is -1.55. The van der Waals surface area contributed by atoms with Gasteiger partial charge < -0.3 is 10.2 Å². The number of hydrogen-bond acceptors (Lipinski definition) is 2. The summed E-state index contributed by atoms with van der Waals surface area (Å²) in [5.74, 6) is -0.0121. The number of piperidine rings is 1. The highest BCUT2D eigenvalue weighted by Crippen LogP contribution is 2.22. The predicted molar refractivity (Wildman–Crippen MR) is 95.1 cm³/mol. The van der Waals surface area contributed by atoms with Crippen molar-refractivity contribution in [3.05, 3.63) is 34.9 Å². The van der Waals surface area contributed by atoms with E-state index in [1.165, 1.54) is 19.3 Å². The molecule has 1 N–H and O–H groups in total. The molecule has 1 aliphatic heterocycles. The summed E-state index contributed by atoms with van der Waals surface area (Å²) in [6, 6.07) is 7.34. The van der Waals surface area contributed by atoms with Crippen molar-refractivity contribution in [1.29, 1.82) is 0 Å². The van der Waals surface area contributed by atoms with Crippen molar-refractivity contribution in [2.75, 3.05) is 13.1 Å². The van der Waals surface area contributed by atoms with Crippen LogP contribution < -0.4 is 5.32 Å². The molecule has 1 aliphatic carbocycles. The number of halogens is 1. The number of hydrogen-bond donors (Lipinski definition) is 1. The zero-order chi connectivity index (χ0) is 16.9. The molecule has 0 radical (unpaired) electrons. The molecule has 1 aromatic rings. The molecule has 3 rings (SSSR count). The second-order valence-corrected chi connectivity index (χ2v) is 7.38. The maximum absolute atomic E-state index is 12.6. The van der Waals surface area contributed by atoms with Gasteiger partial charge in [-0.25, -0.2) is 0 Å². The van der Waals surface area contributed by atoms with Gasteiger partial charge in [-0.05, 0) is 43.9 Å². The zero-order valence-electron chi connectivity index (χ0n) is 14.0. The summed E-state index contributed by atoms with van der Waals surface area (Å²) in [5, 5.41) is 3.76. The van der Waals surface area contributed by atoms with Crippen LogP contribution in [0.1, 0.15) is 55.3 Å². The molecule has 24 heavy (non-hydrogen) atoms. The summed E-state index contributed by atoms with van der Waals surface area (Å²) in [5.41, 5.74) is 0.593. The normalized spacial score (nSPS) is 22.2. The third-order valence-corrected chi connectivity index (χ3v) is 5.34. The first kappa shape index (κ1) is 17.3. The number of benzene rings is 1. The molecule has 1 saturated heterocycles. The van der Waals surface area contributed by atoms with E-state index in [-0.39, 0.29) is 17.7 Å². The first-order valence-electron chi connectivity index (χ1n) is 8.99. The maximum Gasteiger partial charge on any atom is 0.253 e. The number of nitrogens with zero attached hydrogens (tertiary/aromatic N) is 1. The minimum absolute atomic E-state index is 0.0346. The van der Waals surface area contributed by atoms with Crippen molar-refractivity contribution in [3.63, 3.8) is 0 Å². The number of nitrogens with one attached hydrogen (secondary N) is 1. The molecule has 2 aliphatic rings. The summed E-state index contributed by atoms with van der Waals surface area (Å²) in [6.07, 6.45) is 7.59. The molecular formula is C19H25ClN2O2. The van der Waals surface area contributed by atoms with Crippen LogP contribution in [0.15, 0.2) is 24.3 Å². The van der Waals surface area contributed by atoms with Gasteiger partial charge in [-0.2, -0.15) is 0 Å². The second kappa shape index (κ2) is 8.02. The minimum Gasteiger partial charge on any atom is -0.353 e. The summed E-state index contributed by atoms with van der Waals surface area (Å²) >= 11 is 5.98. The largest absolute Gasteiger partial charge is 0.353 e. The number of carbonyl (C=O) groups excluding carboxylic acids is 2. The SMILES string of the molecule is O=C(NC1CCCCC1)C1CCCN(C(=O)c2cccc(Cl)c2)C1. The van der Waals surface area contributed by atoms with Crippen LogP contribution in [0.4, 0.5) is 0 Å². The molecule has 1 saturated carbocycles. The smallest absolute Gasteiger partial charge is 0.253 e. The summed E-state index contributed by atoms with van der Waals surface area (Å²) in [4.78, 5) is 27.0. The molecule has 2 amide bonds. The molecule has 4 nitrogen and oxygen atoms in total. The van der Waals surface area contributed by atoms with Crippen molar-refractivity contribution in [1.82, 2.24) is 10.2 Å². The number of rotatable bonds is 3. The summed E-state index contributed by atoms with van der Waals surface area (Å²) in [6.45, 7) is 1.21. The lowest BCUT2D eigenvalue weighted by Crippen LogP contribution is -2.47. The van der Waals surface area contributed by atoms with Gasteiger partial charge in [0.15, 0.2) is 0 Å². The average Bonchev–Trinajstić information content (AvgIpc) is 2.62. The fourth-order valence-electron chi connectivity index (χ4n) is 3.75. The molecular weight excluding hydrogens is 324 g/mol. The number of carbonyl (C=O) groups is 2. The minimum atomic E-state index is -0.0937. The Bertz CT molecular complexity index is 599. The first-order valence-corrected chi connectivity index (χ1v) is 9.36. The fraction of sp³-hybridized carbons (Fsp3) is 0.579. The lowest BCUT2D eigenvalue weighted by atomic mass is 9.93. The lowest BCUT2D eigenvalue weighted by Gasteiger charge is -2.33. The monoisotopic (exact) mass is 348 g/mol. The molecule has 1 aromatic carbocycles. The van der Waals surface area contributed by atoms with Crippen molar-refractivity contribution in [2.45, 2.75) is 51.0 Å². The molecule has 0 aromatic heterocycles. The maximum atomic E-state index is 12.6. The Morgan fingerprint density at radius 3 is 2.62 bits per heavy atom. The highest BCUT2D eigenvalue weighted by atomic mass is 35.5. The van der Waals surface area contributed by atoms with Crippen LogP contribution in [0, 0.1) is 5.92 Å². The standard InChI is InChI=1S/C19H25ClN2O2/c20-16-8-4-6-14(12-16)19(24)22-11-5-7-15(13-22)18(23)21-17-9-2-1-3-10-17/h4,6,8,12,15,17H,1-3,5,7,9-11,13H2,(H,21,23). The van der Waals surface area contributed by atoms with Crippen molar-refractivity contribution in [3.8, 4) is 0 Å². The quantitative estimate of drug-likeness (QED) is 0.906. The van der Waals surface area contributed by atoms with Gasteiger partial charge in [-0.3, -0.25) is 9.59 Å². The molecule has 5 heteroatoms. The second-order valence-electron chi connectivity index (χ2n) is 6.94. The Morgan fingerprint density at radius 1 is 1.08 bits per heavy atom.